The molecule has 6 heteroatoms. The van der Waals surface area contributed by atoms with Gasteiger partial charge in [0.25, 0.3) is 0 Å². The molecule has 36 heavy (non-hydrogen) atoms. The number of esters is 1. The number of carbonyl (C=O) groups is 3. The highest BCUT2D eigenvalue weighted by molar-refractivity contribution is 5.99. The van der Waals surface area contributed by atoms with Crippen LogP contribution in [0.5, 0.6) is 0 Å². The third-order valence-electron chi connectivity index (χ3n) is 11.3. The van der Waals surface area contributed by atoms with E-state index < -0.39 is 23.0 Å². The first-order valence-electron chi connectivity index (χ1n) is 14.4. The average molecular weight is 505 g/mol. The van der Waals surface area contributed by atoms with Crippen molar-refractivity contribution in [3.8, 4) is 0 Å². The standard InChI is InChI=1S/C30H48O6/c1-17(2)18(3)8-9-19(4)22-10-11-23(28(22,6)14-15-35-20(5)31)25-26-24(32)16-21-12-13-29(7,27(25)33)30(26,34)36-21/h17-19,21-23,25-26,34H,8-16H2,1-7H3/t18-,19+,21-,22+,23-,25-,26-,28+,29+,30-/m0/s1. The molecule has 0 spiro atoms. The summed E-state index contributed by atoms with van der Waals surface area (Å²) in [5, 5.41) is 11.8. The minimum Gasteiger partial charge on any atom is -0.466 e. The molecule has 2 saturated carbocycles. The van der Waals surface area contributed by atoms with Crippen LogP contribution in [0.25, 0.3) is 0 Å². The molecule has 2 aliphatic heterocycles. The number of fused-ring (bicyclic) bond motifs is 1. The van der Waals surface area contributed by atoms with Gasteiger partial charge in [-0.05, 0) is 74.0 Å². The van der Waals surface area contributed by atoms with Crippen molar-refractivity contribution >= 4 is 17.5 Å². The Kier molecular flexibility index (Phi) is 7.55. The number of aliphatic hydroxyl groups is 1. The van der Waals surface area contributed by atoms with Gasteiger partial charge in [-0.1, -0.05) is 47.5 Å². The van der Waals surface area contributed by atoms with E-state index in [9.17, 15) is 19.5 Å². The van der Waals surface area contributed by atoms with Crippen LogP contribution in [0, 0.1) is 52.3 Å². The maximum atomic E-state index is 14.1. The third-order valence-corrected chi connectivity index (χ3v) is 11.3. The molecule has 2 bridgehead atoms. The topological polar surface area (TPSA) is 89.9 Å². The molecule has 0 radical (unpaired) electrons. The summed E-state index contributed by atoms with van der Waals surface area (Å²) in [6.45, 7) is 15.0. The second-order valence-electron chi connectivity index (χ2n) is 13.5. The van der Waals surface area contributed by atoms with Crippen molar-refractivity contribution < 1.29 is 29.0 Å². The maximum Gasteiger partial charge on any atom is 0.302 e. The second-order valence-corrected chi connectivity index (χ2v) is 13.5. The lowest BCUT2D eigenvalue weighted by Crippen LogP contribution is -2.61. The molecule has 2 heterocycles. The zero-order valence-corrected chi connectivity index (χ0v) is 23.5. The van der Waals surface area contributed by atoms with Gasteiger partial charge in [-0.15, -0.1) is 0 Å². The average Bonchev–Trinajstić information content (AvgIpc) is 3.22. The highest BCUT2D eigenvalue weighted by Crippen LogP contribution is 2.66. The number of hydrogen-bond donors (Lipinski definition) is 1. The van der Waals surface area contributed by atoms with Crippen LogP contribution in [-0.4, -0.2) is 41.1 Å². The molecule has 4 rings (SSSR count). The zero-order valence-electron chi connectivity index (χ0n) is 23.5. The number of hydrogen-bond acceptors (Lipinski definition) is 6. The van der Waals surface area contributed by atoms with Crippen molar-refractivity contribution in [1.29, 1.82) is 0 Å². The molecule has 0 aromatic rings. The molecule has 0 aromatic carbocycles. The summed E-state index contributed by atoms with van der Waals surface area (Å²) < 4.78 is 11.5. The molecule has 0 unspecified atom stereocenters. The Balaban J connectivity index is 1.65. The summed E-state index contributed by atoms with van der Waals surface area (Å²) in [4.78, 5) is 39.2. The highest BCUT2D eigenvalue weighted by atomic mass is 16.6. The number of ketones is 2. The summed E-state index contributed by atoms with van der Waals surface area (Å²) in [5.74, 6) is -1.26. The fourth-order valence-corrected chi connectivity index (χ4v) is 8.54. The Morgan fingerprint density at radius 3 is 2.44 bits per heavy atom. The van der Waals surface area contributed by atoms with Crippen molar-refractivity contribution in [2.75, 3.05) is 6.61 Å². The molecule has 0 amide bonds. The Hall–Kier alpha value is -1.27. The van der Waals surface area contributed by atoms with Gasteiger partial charge in [0.2, 0.25) is 0 Å². The van der Waals surface area contributed by atoms with E-state index in [0.29, 0.717) is 49.5 Å². The van der Waals surface area contributed by atoms with Gasteiger partial charge in [0.15, 0.2) is 5.79 Å². The summed E-state index contributed by atoms with van der Waals surface area (Å²) in [6.07, 6.45) is 5.99. The fraction of sp³-hybridized carbons (Fsp3) is 0.900. The monoisotopic (exact) mass is 504 g/mol. The molecular weight excluding hydrogens is 456 g/mol. The van der Waals surface area contributed by atoms with Crippen molar-refractivity contribution in [2.45, 2.75) is 112 Å². The predicted molar refractivity (Wildman–Crippen MR) is 137 cm³/mol. The Labute approximate surface area is 217 Å². The number of rotatable bonds is 9. The lowest BCUT2D eigenvalue weighted by atomic mass is 9.61. The van der Waals surface area contributed by atoms with Crippen LogP contribution in [0.2, 0.25) is 0 Å². The molecule has 10 atom stereocenters. The van der Waals surface area contributed by atoms with Crippen LogP contribution in [0.15, 0.2) is 0 Å². The van der Waals surface area contributed by atoms with E-state index in [-0.39, 0.29) is 41.4 Å². The van der Waals surface area contributed by atoms with Gasteiger partial charge in [0.05, 0.1) is 24.0 Å². The van der Waals surface area contributed by atoms with E-state index in [4.69, 9.17) is 9.47 Å². The summed E-state index contributed by atoms with van der Waals surface area (Å²) in [6, 6.07) is 0. The maximum absolute atomic E-state index is 14.1. The van der Waals surface area contributed by atoms with E-state index in [1.165, 1.54) is 6.92 Å². The van der Waals surface area contributed by atoms with Gasteiger partial charge < -0.3 is 14.6 Å². The van der Waals surface area contributed by atoms with E-state index >= 15 is 0 Å². The summed E-state index contributed by atoms with van der Waals surface area (Å²) in [5.41, 5.74) is -1.31. The first-order valence-corrected chi connectivity index (χ1v) is 14.4. The van der Waals surface area contributed by atoms with Gasteiger partial charge in [0.1, 0.15) is 11.6 Å². The largest absolute Gasteiger partial charge is 0.466 e. The number of carbonyl (C=O) groups excluding carboxylic acids is 3. The minimum atomic E-state index is -1.69. The fourth-order valence-electron chi connectivity index (χ4n) is 8.54. The van der Waals surface area contributed by atoms with Crippen LogP contribution in [0.1, 0.15) is 99.8 Å². The Morgan fingerprint density at radius 2 is 1.81 bits per heavy atom. The third kappa shape index (κ3) is 4.28. The van der Waals surface area contributed by atoms with Gasteiger partial charge >= 0.3 is 5.97 Å². The van der Waals surface area contributed by atoms with Crippen LogP contribution in [-0.2, 0) is 23.9 Å². The molecule has 2 aliphatic carbocycles. The molecule has 2 saturated heterocycles. The Morgan fingerprint density at radius 1 is 1.11 bits per heavy atom. The lowest BCUT2D eigenvalue weighted by molar-refractivity contribution is -0.324. The molecule has 4 fully saturated rings. The predicted octanol–water partition coefficient (Wildman–Crippen LogP) is 5.34. The SMILES string of the molecule is CC(=O)OCC[C@]1(C)[C@@H]([C@H](C)CC[C@H](C)C(C)C)CC[C@H]1[C@@H]1C(=O)[C@@]2(C)CC[C@H]3CC(=O)[C@@H]1[C@]2(O)O3. The normalized spacial score (nSPS) is 43.6. The van der Waals surface area contributed by atoms with Gasteiger partial charge in [-0.3, -0.25) is 14.4 Å². The van der Waals surface area contributed by atoms with Crippen molar-refractivity contribution in [3.05, 3.63) is 0 Å². The van der Waals surface area contributed by atoms with Crippen molar-refractivity contribution in [3.63, 3.8) is 0 Å². The quantitative estimate of drug-likeness (QED) is 0.426. The smallest absolute Gasteiger partial charge is 0.302 e. The number of Topliss-reactive ketones (excluding diaryl/α,β-unsaturated/α-hetero) is 2. The van der Waals surface area contributed by atoms with Crippen LogP contribution in [0.3, 0.4) is 0 Å². The van der Waals surface area contributed by atoms with Crippen molar-refractivity contribution in [2.24, 2.45) is 52.3 Å². The highest BCUT2D eigenvalue weighted by Gasteiger charge is 2.75. The summed E-state index contributed by atoms with van der Waals surface area (Å²) in [7, 11) is 0. The van der Waals surface area contributed by atoms with Crippen LogP contribution >= 0.6 is 0 Å². The first kappa shape index (κ1) is 27.8. The van der Waals surface area contributed by atoms with Crippen molar-refractivity contribution in [1.82, 2.24) is 0 Å². The molecule has 4 aliphatic rings. The van der Waals surface area contributed by atoms with Crippen LogP contribution < -0.4 is 0 Å². The van der Waals surface area contributed by atoms with Gasteiger partial charge in [-0.25, -0.2) is 0 Å². The van der Waals surface area contributed by atoms with Gasteiger partial charge in [-0.2, -0.15) is 0 Å². The van der Waals surface area contributed by atoms with E-state index in [1.54, 1.807) is 0 Å². The zero-order chi connectivity index (χ0) is 26.6. The molecular formula is C30H48O6. The van der Waals surface area contributed by atoms with E-state index in [1.807, 2.05) is 6.92 Å². The van der Waals surface area contributed by atoms with Crippen LogP contribution in [0.4, 0.5) is 0 Å². The van der Waals surface area contributed by atoms with Gasteiger partial charge in [0, 0.05) is 19.3 Å². The van der Waals surface area contributed by atoms with E-state index in [2.05, 4.69) is 34.6 Å². The summed E-state index contributed by atoms with van der Waals surface area (Å²) >= 11 is 0. The second kappa shape index (κ2) is 9.80. The Bertz CT molecular complexity index is 883. The minimum absolute atomic E-state index is 0.00847. The molecule has 1 N–H and O–H groups in total. The molecule has 204 valence electrons. The first-order chi connectivity index (χ1) is 16.8. The van der Waals surface area contributed by atoms with E-state index in [0.717, 1.165) is 25.7 Å². The lowest BCUT2D eigenvalue weighted by Gasteiger charge is -2.50. The molecule has 0 aromatic heterocycles. The molecule has 6 nitrogen and oxygen atoms in total. The number of ether oxygens (including phenoxy) is 2.